The summed E-state index contributed by atoms with van der Waals surface area (Å²) in [6, 6.07) is 7.79. The Morgan fingerprint density at radius 2 is 2.20 bits per heavy atom. The average Bonchev–Trinajstić information content (AvgIpc) is 3.14. The third-order valence-corrected chi connectivity index (χ3v) is 5.29. The molecule has 7 heteroatoms. The Labute approximate surface area is 148 Å². The van der Waals surface area contributed by atoms with Gasteiger partial charge >= 0.3 is 0 Å². The highest BCUT2D eigenvalue weighted by Crippen LogP contribution is 2.32. The fraction of sp³-hybridized carbons (Fsp3) is 0.222. The van der Waals surface area contributed by atoms with E-state index in [9.17, 15) is 10.2 Å². The van der Waals surface area contributed by atoms with Gasteiger partial charge in [0.25, 0.3) is 0 Å². The number of aliphatic hydroxyl groups is 2. The van der Waals surface area contributed by atoms with Crippen molar-refractivity contribution in [1.82, 2.24) is 15.4 Å². The van der Waals surface area contributed by atoms with E-state index in [-0.39, 0.29) is 18.1 Å². The van der Waals surface area contributed by atoms with Gasteiger partial charge in [0.15, 0.2) is 0 Å². The Kier molecular flexibility index (Phi) is 4.12. The third-order valence-electron chi connectivity index (χ3n) is 4.24. The lowest BCUT2D eigenvalue weighted by Crippen LogP contribution is -2.41. The van der Waals surface area contributed by atoms with E-state index in [2.05, 4.69) is 10.4 Å². The summed E-state index contributed by atoms with van der Waals surface area (Å²) in [5.41, 5.74) is 5.57. The monoisotopic (exact) mass is 354 g/mol. The molecule has 1 atom stereocenters. The molecule has 0 saturated heterocycles. The summed E-state index contributed by atoms with van der Waals surface area (Å²) in [5, 5.41) is 30.5. The molecule has 6 nitrogen and oxygen atoms in total. The number of hydrogen-bond acceptors (Lipinski definition) is 6. The van der Waals surface area contributed by atoms with Gasteiger partial charge in [-0.15, -0.1) is 11.3 Å². The van der Waals surface area contributed by atoms with Crippen molar-refractivity contribution >= 4 is 33.0 Å². The summed E-state index contributed by atoms with van der Waals surface area (Å²) in [6.07, 6.45) is 5.80. The number of para-hydroxylation sites is 1. The largest absolute Gasteiger partial charge is 0.509 e. The van der Waals surface area contributed by atoms with Crippen LogP contribution in [0.5, 0.6) is 0 Å². The van der Waals surface area contributed by atoms with Crippen LogP contribution in [-0.2, 0) is 0 Å². The van der Waals surface area contributed by atoms with Gasteiger partial charge in [0, 0.05) is 6.54 Å². The van der Waals surface area contributed by atoms with Crippen LogP contribution in [-0.4, -0.2) is 45.2 Å². The van der Waals surface area contributed by atoms with Crippen LogP contribution in [0.1, 0.15) is 11.4 Å². The van der Waals surface area contributed by atoms with Crippen molar-refractivity contribution in [2.45, 2.75) is 12.5 Å². The van der Waals surface area contributed by atoms with Crippen molar-refractivity contribution in [1.29, 1.82) is 5.41 Å². The van der Waals surface area contributed by atoms with Crippen LogP contribution in [0.2, 0.25) is 0 Å². The minimum atomic E-state index is -0.412. The van der Waals surface area contributed by atoms with Crippen LogP contribution >= 0.6 is 11.3 Å². The molecule has 1 aromatic carbocycles. The Hall–Kier alpha value is -2.48. The number of rotatable bonds is 4. The van der Waals surface area contributed by atoms with Crippen molar-refractivity contribution in [3.8, 4) is 0 Å². The van der Waals surface area contributed by atoms with E-state index in [0.717, 1.165) is 15.8 Å². The fourth-order valence-electron chi connectivity index (χ4n) is 2.89. The van der Waals surface area contributed by atoms with Gasteiger partial charge in [-0.25, -0.2) is 10.4 Å². The molecule has 0 bridgehead atoms. The molecular weight excluding hydrogens is 336 g/mol. The highest BCUT2D eigenvalue weighted by atomic mass is 32.1. The molecule has 4 rings (SSSR count). The number of hydrazine groups is 1. The van der Waals surface area contributed by atoms with Crippen molar-refractivity contribution in [2.24, 2.45) is 0 Å². The van der Waals surface area contributed by atoms with Crippen LogP contribution in [0.4, 0.5) is 0 Å². The molecule has 1 aromatic heterocycles. The van der Waals surface area contributed by atoms with Crippen molar-refractivity contribution in [2.75, 3.05) is 13.1 Å². The van der Waals surface area contributed by atoms with E-state index < -0.39 is 6.10 Å². The first-order valence-corrected chi connectivity index (χ1v) is 8.87. The summed E-state index contributed by atoms with van der Waals surface area (Å²) in [5.74, 6) is 0.372. The van der Waals surface area contributed by atoms with Gasteiger partial charge in [-0.1, -0.05) is 30.4 Å². The molecule has 128 valence electrons. The summed E-state index contributed by atoms with van der Waals surface area (Å²) in [4.78, 5) is 4.54. The lowest BCUT2D eigenvalue weighted by atomic mass is 10.1. The average molecular weight is 354 g/mol. The summed E-state index contributed by atoms with van der Waals surface area (Å²) in [6.45, 7) is 0.774. The van der Waals surface area contributed by atoms with Crippen LogP contribution in [0.15, 0.2) is 53.8 Å². The topological polar surface area (TPSA) is 92.5 Å². The summed E-state index contributed by atoms with van der Waals surface area (Å²) >= 11 is 1.48. The molecule has 1 aliphatic carbocycles. The summed E-state index contributed by atoms with van der Waals surface area (Å²) in [7, 11) is 0. The molecular formula is C18H18N4O2S. The maximum absolute atomic E-state index is 10.3. The first-order chi connectivity index (χ1) is 12.1. The minimum absolute atomic E-state index is 0.153. The maximum atomic E-state index is 10.3. The molecule has 0 fully saturated rings. The first-order valence-electron chi connectivity index (χ1n) is 8.05. The molecule has 0 saturated carbocycles. The number of nitrogens with one attached hydrogen (secondary N) is 2. The molecule has 2 heterocycles. The van der Waals surface area contributed by atoms with Gasteiger partial charge < -0.3 is 10.2 Å². The van der Waals surface area contributed by atoms with Crippen LogP contribution in [0.25, 0.3) is 15.8 Å². The van der Waals surface area contributed by atoms with Crippen molar-refractivity contribution < 1.29 is 10.2 Å². The maximum Gasteiger partial charge on any atom is 0.149 e. The summed E-state index contributed by atoms with van der Waals surface area (Å²) < 4.78 is 1.04. The fourth-order valence-corrected chi connectivity index (χ4v) is 3.92. The normalized spacial score (nSPS) is 20.7. The van der Waals surface area contributed by atoms with Gasteiger partial charge in [0.05, 0.1) is 28.4 Å². The lowest BCUT2D eigenvalue weighted by Gasteiger charge is -2.21. The number of nitrogens with zero attached hydrogens (tertiary/aromatic N) is 2. The Balaban J connectivity index is 1.48. The van der Waals surface area contributed by atoms with Crippen LogP contribution in [0.3, 0.4) is 0 Å². The lowest BCUT2D eigenvalue weighted by molar-refractivity contribution is 0.224. The van der Waals surface area contributed by atoms with E-state index >= 15 is 0 Å². The quantitative estimate of drug-likeness (QED) is 0.677. The van der Waals surface area contributed by atoms with Gasteiger partial charge in [-0.3, -0.25) is 10.4 Å². The second-order valence-corrected chi connectivity index (χ2v) is 7.05. The number of hydrogen-bond donors (Lipinski definition) is 4. The van der Waals surface area contributed by atoms with E-state index in [0.29, 0.717) is 23.5 Å². The number of benzene rings is 1. The number of aliphatic hydroxyl groups excluding tert-OH is 2. The smallest absolute Gasteiger partial charge is 0.149 e. The number of amidine groups is 1. The van der Waals surface area contributed by atoms with E-state index in [1.54, 1.807) is 11.1 Å². The minimum Gasteiger partial charge on any atom is -0.509 e. The first kappa shape index (κ1) is 16.0. The zero-order valence-electron chi connectivity index (χ0n) is 13.4. The van der Waals surface area contributed by atoms with E-state index in [4.69, 9.17) is 5.41 Å². The van der Waals surface area contributed by atoms with E-state index in [1.165, 1.54) is 11.3 Å². The molecule has 0 amide bonds. The highest BCUT2D eigenvalue weighted by Gasteiger charge is 2.30. The number of fused-ring (bicyclic) bond motifs is 1. The molecule has 2 aromatic rings. The van der Waals surface area contributed by atoms with E-state index in [1.807, 2.05) is 36.4 Å². The Morgan fingerprint density at radius 3 is 2.96 bits per heavy atom. The second kappa shape index (κ2) is 6.44. The predicted octanol–water partition coefficient (Wildman–Crippen LogP) is 2.61. The number of aromatic nitrogens is 1. The third kappa shape index (κ3) is 3.09. The Bertz CT molecular complexity index is 895. The second-order valence-electron chi connectivity index (χ2n) is 6.02. The highest BCUT2D eigenvalue weighted by molar-refractivity contribution is 7.19. The van der Waals surface area contributed by atoms with Crippen molar-refractivity contribution in [3.05, 3.63) is 58.8 Å². The molecule has 1 aliphatic heterocycles. The van der Waals surface area contributed by atoms with Gasteiger partial charge in [-0.05, 0) is 24.1 Å². The van der Waals surface area contributed by atoms with Gasteiger partial charge in [0.2, 0.25) is 0 Å². The SMILES string of the molecule is N=C1C(c2nc3ccccc3s2)=C(O)CN1NCC1=CCC(O)C=C1. The van der Waals surface area contributed by atoms with Crippen LogP contribution < -0.4 is 5.43 Å². The number of thiazole rings is 1. The molecule has 4 N–H and O–H groups in total. The molecule has 0 spiro atoms. The van der Waals surface area contributed by atoms with Crippen molar-refractivity contribution in [3.63, 3.8) is 0 Å². The van der Waals surface area contributed by atoms with Gasteiger partial charge in [0.1, 0.15) is 16.6 Å². The van der Waals surface area contributed by atoms with Gasteiger partial charge in [-0.2, -0.15) is 0 Å². The zero-order chi connectivity index (χ0) is 17.4. The van der Waals surface area contributed by atoms with Crippen LogP contribution in [0, 0.1) is 5.41 Å². The molecule has 25 heavy (non-hydrogen) atoms. The molecule has 1 unspecified atom stereocenters. The Morgan fingerprint density at radius 1 is 1.36 bits per heavy atom. The zero-order valence-corrected chi connectivity index (χ0v) is 14.3. The predicted molar refractivity (Wildman–Crippen MR) is 99.5 cm³/mol. The standard InChI is InChI=1S/C18H18N4O2S/c19-17-16(18-21-13-3-1-2-4-15(13)25-18)14(24)10-22(17)20-9-11-5-7-12(23)8-6-11/h1-7,12,19-20,23-24H,8-10H2. The molecule has 0 radical (unpaired) electrons. The molecule has 2 aliphatic rings.